The predicted octanol–water partition coefficient (Wildman–Crippen LogP) is 4.83. The number of carbonyl (C=O) groups excluding carboxylic acids is 1. The number of para-hydroxylation sites is 1. The fourth-order valence-corrected chi connectivity index (χ4v) is 2.63. The molecule has 146 valence electrons. The number of halogens is 6. The fraction of sp³-hybridized carbons (Fsp3) is 0.111. The first-order chi connectivity index (χ1) is 13.2. The van der Waals surface area contributed by atoms with Crippen LogP contribution in [0.1, 0.15) is 22.5 Å². The first-order valence-corrected chi connectivity index (χ1v) is 7.76. The fourth-order valence-electron chi connectivity index (χ4n) is 2.63. The number of nitrogens with one attached hydrogen (secondary N) is 1. The molecule has 4 nitrogen and oxygen atoms in total. The minimum Gasteiger partial charge on any atom is -0.321 e. The van der Waals surface area contributed by atoms with Gasteiger partial charge < -0.3 is 5.32 Å². The van der Waals surface area contributed by atoms with E-state index in [1.807, 2.05) is 0 Å². The standard InChI is InChI=1S/C18H11F6N3O/c1-27-17(24)14(15(26-27)16(22)23)18(28)25-13-5-3-2-4-8(13)9-6-11(20)12(21)7-10(9)19/h2-7,16H,1H3,(H,25,28). The molecule has 1 N–H and O–H groups in total. The highest BCUT2D eigenvalue weighted by atomic mass is 19.3. The Labute approximate surface area is 154 Å². The summed E-state index contributed by atoms with van der Waals surface area (Å²) in [6.45, 7) is 0. The molecule has 2 aromatic carbocycles. The highest BCUT2D eigenvalue weighted by Crippen LogP contribution is 2.32. The van der Waals surface area contributed by atoms with E-state index < -0.39 is 47.0 Å². The summed E-state index contributed by atoms with van der Waals surface area (Å²) in [7, 11) is 1.04. The van der Waals surface area contributed by atoms with E-state index in [1.165, 1.54) is 24.3 Å². The first-order valence-electron chi connectivity index (χ1n) is 7.76. The van der Waals surface area contributed by atoms with E-state index in [0.29, 0.717) is 16.8 Å². The van der Waals surface area contributed by atoms with Crippen LogP contribution in [0.3, 0.4) is 0 Å². The molecule has 1 aromatic heterocycles. The zero-order chi connectivity index (χ0) is 20.6. The quantitative estimate of drug-likeness (QED) is 0.505. The zero-order valence-electron chi connectivity index (χ0n) is 14.1. The molecule has 1 amide bonds. The lowest BCUT2D eigenvalue weighted by Crippen LogP contribution is -2.16. The lowest BCUT2D eigenvalue weighted by Gasteiger charge is -2.12. The third-order valence-corrected chi connectivity index (χ3v) is 3.91. The topological polar surface area (TPSA) is 46.9 Å². The van der Waals surface area contributed by atoms with Crippen molar-refractivity contribution < 1.29 is 31.1 Å². The Balaban J connectivity index is 2.05. The maximum atomic E-state index is 14.1. The number of hydrogen-bond donors (Lipinski definition) is 1. The van der Waals surface area contributed by atoms with Gasteiger partial charge in [0.15, 0.2) is 11.6 Å². The Morgan fingerprint density at radius 2 is 1.64 bits per heavy atom. The second kappa shape index (κ2) is 7.37. The maximum absolute atomic E-state index is 14.1. The third kappa shape index (κ3) is 3.45. The number of anilines is 1. The van der Waals surface area contributed by atoms with Crippen LogP contribution in [0, 0.1) is 23.4 Å². The smallest absolute Gasteiger partial charge is 0.283 e. The van der Waals surface area contributed by atoms with Gasteiger partial charge in [0.1, 0.15) is 17.1 Å². The van der Waals surface area contributed by atoms with Gasteiger partial charge in [0.05, 0.1) is 0 Å². The predicted molar refractivity (Wildman–Crippen MR) is 87.8 cm³/mol. The van der Waals surface area contributed by atoms with Crippen LogP contribution < -0.4 is 5.32 Å². The molecule has 0 radical (unpaired) electrons. The zero-order valence-corrected chi connectivity index (χ0v) is 14.1. The number of aromatic nitrogens is 2. The second-order valence-electron chi connectivity index (χ2n) is 5.72. The number of alkyl halides is 2. The van der Waals surface area contributed by atoms with Gasteiger partial charge in [-0.2, -0.15) is 9.49 Å². The van der Waals surface area contributed by atoms with E-state index in [0.717, 1.165) is 7.05 Å². The molecule has 1 heterocycles. The molecule has 0 aliphatic heterocycles. The maximum Gasteiger partial charge on any atom is 0.283 e. The number of amides is 1. The summed E-state index contributed by atoms with van der Waals surface area (Å²) in [5.41, 5.74) is -2.60. The first kappa shape index (κ1) is 19.5. The summed E-state index contributed by atoms with van der Waals surface area (Å²) in [6, 6.07) is 6.33. The molecule has 0 saturated carbocycles. The number of aryl methyl sites for hydroxylation is 1. The van der Waals surface area contributed by atoms with Gasteiger partial charge in [-0.3, -0.25) is 4.79 Å². The SMILES string of the molecule is Cn1nc(C(F)F)c(C(=O)Nc2ccccc2-c2cc(F)c(F)cc2F)c1F. The molecular formula is C18H11F6N3O. The molecule has 0 bridgehead atoms. The van der Waals surface area contributed by atoms with Gasteiger partial charge in [0.25, 0.3) is 12.3 Å². The summed E-state index contributed by atoms with van der Waals surface area (Å²) in [5.74, 6) is -6.38. The molecular weight excluding hydrogens is 388 g/mol. The van der Waals surface area contributed by atoms with Crippen LogP contribution in [0.25, 0.3) is 11.1 Å². The molecule has 28 heavy (non-hydrogen) atoms. The van der Waals surface area contributed by atoms with Crippen molar-refractivity contribution in [2.75, 3.05) is 5.32 Å². The molecule has 0 unspecified atom stereocenters. The van der Waals surface area contributed by atoms with Gasteiger partial charge in [0, 0.05) is 29.9 Å². The second-order valence-corrected chi connectivity index (χ2v) is 5.72. The summed E-state index contributed by atoms with van der Waals surface area (Å²) in [5, 5.41) is 5.46. The average molecular weight is 399 g/mol. The summed E-state index contributed by atoms with van der Waals surface area (Å²) >= 11 is 0. The van der Waals surface area contributed by atoms with Crippen molar-refractivity contribution in [3.63, 3.8) is 0 Å². The highest BCUT2D eigenvalue weighted by Gasteiger charge is 2.29. The molecule has 0 aliphatic carbocycles. The normalized spacial score (nSPS) is 11.1. The molecule has 0 fully saturated rings. The van der Waals surface area contributed by atoms with E-state index in [9.17, 15) is 31.1 Å². The summed E-state index contributed by atoms with van der Waals surface area (Å²) in [4.78, 5) is 12.4. The Hall–Kier alpha value is -3.30. The van der Waals surface area contributed by atoms with Gasteiger partial charge in [0.2, 0.25) is 5.95 Å². The number of carbonyl (C=O) groups is 1. The van der Waals surface area contributed by atoms with Crippen molar-refractivity contribution >= 4 is 11.6 Å². The Morgan fingerprint density at radius 1 is 1.00 bits per heavy atom. The minimum absolute atomic E-state index is 0.0601. The van der Waals surface area contributed by atoms with Crippen LogP contribution in [0.15, 0.2) is 36.4 Å². The van der Waals surface area contributed by atoms with Crippen LogP contribution >= 0.6 is 0 Å². The summed E-state index contributed by atoms with van der Waals surface area (Å²) < 4.78 is 81.5. The lowest BCUT2D eigenvalue weighted by molar-refractivity contribution is 0.100. The monoisotopic (exact) mass is 399 g/mol. The van der Waals surface area contributed by atoms with Crippen molar-refractivity contribution in [3.8, 4) is 11.1 Å². The van der Waals surface area contributed by atoms with Crippen molar-refractivity contribution in [3.05, 3.63) is 71.1 Å². The van der Waals surface area contributed by atoms with E-state index in [1.54, 1.807) is 0 Å². The number of nitrogens with zero attached hydrogens (tertiary/aromatic N) is 2. The van der Waals surface area contributed by atoms with Crippen LogP contribution in [-0.4, -0.2) is 15.7 Å². The summed E-state index contributed by atoms with van der Waals surface area (Å²) in [6.07, 6.45) is -3.21. The minimum atomic E-state index is -3.21. The van der Waals surface area contributed by atoms with Gasteiger partial charge in [-0.25, -0.2) is 26.6 Å². The van der Waals surface area contributed by atoms with E-state index in [-0.39, 0.29) is 16.8 Å². The molecule has 0 atom stereocenters. The van der Waals surface area contributed by atoms with Gasteiger partial charge in [-0.15, -0.1) is 0 Å². The van der Waals surface area contributed by atoms with Crippen LogP contribution in [0.4, 0.5) is 32.0 Å². The molecule has 0 spiro atoms. The van der Waals surface area contributed by atoms with Gasteiger partial charge in [-0.05, 0) is 12.1 Å². The van der Waals surface area contributed by atoms with Crippen molar-refractivity contribution in [2.45, 2.75) is 6.43 Å². The van der Waals surface area contributed by atoms with E-state index in [2.05, 4.69) is 10.4 Å². The van der Waals surface area contributed by atoms with Gasteiger partial charge in [-0.1, -0.05) is 18.2 Å². The van der Waals surface area contributed by atoms with Crippen LogP contribution in [-0.2, 0) is 7.05 Å². The van der Waals surface area contributed by atoms with E-state index >= 15 is 0 Å². The Kier molecular flexibility index (Phi) is 5.12. The molecule has 3 rings (SSSR count). The largest absolute Gasteiger partial charge is 0.321 e. The van der Waals surface area contributed by atoms with E-state index in [4.69, 9.17) is 0 Å². The van der Waals surface area contributed by atoms with Crippen LogP contribution in [0.2, 0.25) is 0 Å². The van der Waals surface area contributed by atoms with Crippen molar-refractivity contribution in [2.24, 2.45) is 7.05 Å². The van der Waals surface area contributed by atoms with Crippen molar-refractivity contribution in [1.82, 2.24) is 9.78 Å². The number of rotatable bonds is 4. The number of hydrogen-bond acceptors (Lipinski definition) is 2. The highest BCUT2D eigenvalue weighted by molar-refractivity contribution is 6.07. The molecule has 0 saturated heterocycles. The Bertz CT molecular complexity index is 1060. The molecule has 10 heteroatoms. The van der Waals surface area contributed by atoms with Crippen LogP contribution in [0.5, 0.6) is 0 Å². The number of benzene rings is 2. The third-order valence-electron chi connectivity index (χ3n) is 3.91. The average Bonchev–Trinajstić information content (AvgIpc) is 2.94. The molecule has 0 aliphatic rings. The lowest BCUT2D eigenvalue weighted by atomic mass is 10.0. The van der Waals surface area contributed by atoms with Gasteiger partial charge >= 0.3 is 0 Å². The van der Waals surface area contributed by atoms with Crippen molar-refractivity contribution in [1.29, 1.82) is 0 Å². The molecule has 3 aromatic rings. The Morgan fingerprint density at radius 3 is 2.32 bits per heavy atom.